The summed E-state index contributed by atoms with van der Waals surface area (Å²) >= 11 is 0. The van der Waals surface area contributed by atoms with Crippen LogP contribution in [0.15, 0.2) is 18.3 Å². The fraction of sp³-hybridized carbons (Fsp3) is 0.545. The van der Waals surface area contributed by atoms with Gasteiger partial charge in [0, 0.05) is 0 Å². The smallest absolute Gasteiger partial charge is 0.141 e. The number of halogens is 1. The SMILES string of the molecule is CC(C)CC(CO)Nc1ccc(F)cn1. The molecule has 0 saturated carbocycles. The number of pyridine rings is 1. The first kappa shape index (κ1) is 11.9. The van der Waals surface area contributed by atoms with Crippen molar-refractivity contribution in [3.05, 3.63) is 24.1 Å². The van der Waals surface area contributed by atoms with Crippen LogP contribution in [0.5, 0.6) is 0 Å². The zero-order valence-electron chi connectivity index (χ0n) is 9.07. The van der Waals surface area contributed by atoms with Gasteiger partial charge in [-0.25, -0.2) is 9.37 Å². The molecule has 4 heteroatoms. The highest BCUT2D eigenvalue weighted by Crippen LogP contribution is 2.10. The molecule has 0 aliphatic carbocycles. The molecular formula is C11H17FN2O. The summed E-state index contributed by atoms with van der Waals surface area (Å²) in [5.74, 6) is 0.733. The van der Waals surface area contributed by atoms with Crippen molar-refractivity contribution < 1.29 is 9.50 Å². The van der Waals surface area contributed by atoms with Crippen LogP contribution in [0.3, 0.4) is 0 Å². The quantitative estimate of drug-likeness (QED) is 0.785. The third-order valence-electron chi connectivity index (χ3n) is 2.06. The van der Waals surface area contributed by atoms with Gasteiger partial charge in [0.05, 0.1) is 18.8 Å². The Morgan fingerprint density at radius 3 is 2.67 bits per heavy atom. The van der Waals surface area contributed by atoms with E-state index in [1.807, 2.05) is 0 Å². The summed E-state index contributed by atoms with van der Waals surface area (Å²) in [5, 5.41) is 12.2. The Morgan fingerprint density at radius 2 is 2.20 bits per heavy atom. The molecule has 0 aromatic carbocycles. The number of aliphatic hydroxyl groups is 1. The van der Waals surface area contributed by atoms with Crippen LogP contribution < -0.4 is 5.32 Å². The molecule has 1 unspecified atom stereocenters. The van der Waals surface area contributed by atoms with E-state index < -0.39 is 0 Å². The summed E-state index contributed by atoms with van der Waals surface area (Å²) in [6, 6.07) is 2.89. The van der Waals surface area contributed by atoms with E-state index in [0.717, 1.165) is 12.6 Å². The van der Waals surface area contributed by atoms with Crippen molar-refractivity contribution in [3.63, 3.8) is 0 Å². The summed E-state index contributed by atoms with van der Waals surface area (Å²) in [5.41, 5.74) is 0. The fourth-order valence-electron chi connectivity index (χ4n) is 1.42. The van der Waals surface area contributed by atoms with Gasteiger partial charge in [-0.05, 0) is 24.5 Å². The number of hydrogen-bond donors (Lipinski definition) is 2. The van der Waals surface area contributed by atoms with Crippen LogP contribution in [0.4, 0.5) is 10.2 Å². The normalized spacial score (nSPS) is 12.9. The number of hydrogen-bond acceptors (Lipinski definition) is 3. The van der Waals surface area contributed by atoms with Gasteiger partial charge in [0.2, 0.25) is 0 Å². The Bertz CT molecular complexity index is 287. The van der Waals surface area contributed by atoms with E-state index in [2.05, 4.69) is 24.1 Å². The van der Waals surface area contributed by atoms with Crippen molar-refractivity contribution in [2.24, 2.45) is 5.92 Å². The maximum absolute atomic E-state index is 12.6. The van der Waals surface area contributed by atoms with Crippen molar-refractivity contribution in [1.29, 1.82) is 0 Å². The summed E-state index contributed by atoms with van der Waals surface area (Å²) in [6.07, 6.45) is 2.02. The molecule has 0 saturated heterocycles. The van der Waals surface area contributed by atoms with E-state index in [1.54, 1.807) is 6.07 Å². The third-order valence-corrected chi connectivity index (χ3v) is 2.06. The van der Waals surface area contributed by atoms with Gasteiger partial charge in [0.25, 0.3) is 0 Å². The van der Waals surface area contributed by atoms with Gasteiger partial charge in [0.1, 0.15) is 11.6 Å². The molecule has 0 aliphatic rings. The lowest BCUT2D eigenvalue weighted by molar-refractivity contribution is 0.259. The first-order chi connectivity index (χ1) is 7.11. The minimum absolute atomic E-state index is 0.0250. The van der Waals surface area contributed by atoms with Gasteiger partial charge in [0.15, 0.2) is 0 Å². The van der Waals surface area contributed by atoms with E-state index in [9.17, 15) is 4.39 Å². The van der Waals surface area contributed by atoms with Crippen molar-refractivity contribution in [3.8, 4) is 0 Å². The maximum atomic E-state index is 12.6. The molecule has 0 fully saturated rings. The van der Waals surface area contributed by atoms with E-state index in [4.69, 9.17) is 5.11 Å². The fourth-order valence-corrected chi connectivity index (χ4v) is 1.42. The van der Waals surface area contributed by atoms with Crippen LogP contribution in [-0.2, 0) is 0 Å². The standard InChI is InChI=1S/C11H17FN2O/c1-8(2)5-10(7-15)14-11-4-3-9(12)6-13-11/h3-4,6,8,10,15H,5,7H2,1-2H3,(H,13,14). The molecule has 2 N–H and O–H groups in total. The van der Waals surface area contributed by atoms with Crippen molar-refractivity contribution in [2.75, 3.05) is 11.9 Å². The van der Waals surface area contributed by atoms with Gasteiger partial charge in [-0.2, -0.15) is 0 Å². The molecule has 1 heterocycles. The molecular weight excluding hydrogens is 195 g/mol. The van der Waals surface area contributed by atoms with Crippen LogP contribution in [0.25, 0.3) is 0 Å². The first-order valence-corrected chi connectivity index (χ1v) is 5.10. The Hall–Kier alpha value is -1.16. The summed E-state index contributed by atoms with van der Waals surface area (Å²) < 4.78 is 12.6. The minimum atomic E-state index is -0.357. The van der Waals surface area contributed by atoms with E-state index in [-0.39, 0.29) is 18.5 Å². The molecule has 3 nitrogen and oxygen atoms in total. The minimum Gasteiger partial charge on any atom is -0.394 e. The second kappa shape index (κ2) is 5.66. The average molecular weight is 212 g/mol. The van der Waals surface area contributed by atoms with Crippen LogP contribution in [0, 0.1) is 11.7 Å². The molecule has 0 spiro atoms. The van der Waals surface area contributed by atoms with Crippen molar-refractivity contribution in [1.82, 2.24) is 4.98 Å². The second-order valence-corrected chi connectivity index (χ2v) is 4.02. The van der Waals surface area contributed by atoms with Gasteiger partial charge in [-0.3, -0.25) is 0 Å². The van der Waals surface area contributed by atoms with Crippen molar-refractivity contribution >= 4 is 5.82 Å². The number of rotatable bonds is 5. The second-order valence-electron chi connectivity index (χ2n) is 4.02. The maximum Gasteiger partial charge on any atom is 0.141 e. The molecule has 0 radical (unpaired) electrons. The number of anilines is 1. The average Bonchev–Trinajstić information content (AvgIpc) is 2.19. The van der Waals surface area contributed by atoms with Crippen LogP contribution in [0.1, 0.15) is 20.3 Å². The van der Waals surface area contributed by atoms with E-state index in [1.165, 1.54) is 6.07 Å². The molecule has 0 bridgehead atoms. The summed E-state index contributed by atoms with van der Waals surface area (Å²) in [4.78, 5) is 3.88. The lowest BCUT2D eigenvalue weighted by Crippen LogP contribution is -2.26. The largest absolute Gasteiger partial charge is 0.394 e. The Kier molecular flexibility index (Phi) is 4.49. The van der Waals surface area contributed by atoms with Crippen LogP contribution in [0.2, 0.25) is 0 Å². The van der Waals surface area contributed by atoms with Gasteiger partial charge in [-0.15, -0.1) is 0 Å². The first-order valence-electron chi connectivity index (χ1n) is 5.10. The zero-order chi connectivity index (χ0) is 11.3. The lowest BCUT2D eigenvalue weighted by Gasteiger charge is -2.18. The van der Waals surface area contributed by atoms with Gasteiger partial charge < -0.3 is 10.4 Å². The molecule has 15 heavy (non-hydrogen) atoms. The van der Waals surface area contributed by atoms with Gasteiger partial charge in [-0.1, -0.05) is 13.8 Å². The Labute approximate surface area is 89.4 Å². The zero-order valence-corrected chi connectivity index (χ0v) is 9.07. The molecule has 1 rings (SSSR count). The highest BCUT2D eigenvalue weighted by atomic mass is 19.1. The molecule has 1 aromatic heterocycles. The molecule has 1 aromatic rings. The molecule has 84 valence electrons. The van der Waals surface area contributed by atoms with E-state index in [0.29, 0.717) is 11.7 Å². The van der Waals surface area contributed by atoms with Crippen molar-refractivity contribution in [2.45, 2.75) is 26.3 Å². The predicted octanol–water partition coefficient (Wildman–Crippen LogP) is 2.04. The van der Waals surface area contributed by atoms with Gasteiger partial charge >= 0.3 is 0 Å². The number of nitrogens with zero attached hydrogens (tertiary/aromatic N) is 1. The monoisotopic (exact) mass is 212 g/mol. The third kappa shape index (κ3) is 4.25. The molecule has 0 amide bonds. The van der Waals surface area contributed by atoms with Crippen LogP contribution >= 0.6 is 0 Å². The Morgan fingerprint density at radius 1 is 1.47 bits per heavy atom. The molecule has 0 aliphatic heterocycles. The number of aliphatic hydroxyl groups excluding tert-OH is 1. The highest BCUT2D eigenvalue weighted by molar-refractivity contribution is 5.34. The summed E-state index contributed by atoms with van der Waals surface area (Å²) in [7, 11) is 0. The topological polar surface area (TPSA) is 45.1 Å². The lowest BCUT2D eigenvalue weighted by atomic mass is 10.0. The molecule has 1 atom stereocenters. The number of nitrogens with one attached hydrogen (secondary N) is 1. The predicted molar refractivity (Wildman–Crippen MR) is 58.1 cm³/mol. The number of aromatic nitrogens is 1. The van der Waals surface area contributed by atoms with E-state index >= 15 is 0 Å². The van der Waals surface area contributed by atoms with Crippen LogP contribution in [-0.4, -0.2) is 22.7 Å². The highest BCUT2D eigenvalue weighted by Gasteiger charge is 2.09. The summed E-state index contributed by atoms with van der Waals surface area (Å²) in [6.45, 7) is 4.22. The Balaban J connectivity index is 2.54.